The van der Waals surface area contributed by atoms with Gasteiger partial charge in [0.05, 0.1) is 22.9 Å². The van der Waals surface area contributed by atoms with Gasteiger partial charge in [-0.25, -0.2) is 0 Å². The Kier molecular flexibility index (Phi) is 8.10. The van der Waals surface area contributed by atoms with Gasteiger partial charge >= 0.3 is 12.4 Å². The predicted octanol–water partition coefficient (Wildman–Crippen LogP) is 6.55. The van der Waals surface area contributed by atoms with E-state index in [9.17, 15) is 31.1 Å². The molecule has 2 aromatic carbocycles. The normalized spacial score (nSPS) is 16.7. The number of hydrogen-bond acceptors (Lipinski definition) is 4. The van der Waals surface area contributed by atoms with Gasteiger partial charge in [-0.1, -0.05) is 29.8 Å². The Bertz CT molecular complexity index is 1340. The van der Waals surface area contributed by atoms with Crippen molar-refractivity contribution in [1.29, 1.82) is 0 Å². The largest absolute Gasteiger partial charge is 0.416 e. The molecule has 1 unspecified atom stereocenters. The van der Waals surface area contributed by atoms with Crippen LogP contribution in [0.3, 0.4) is 0 Å². The van der Waals surface area contributed by atoms with Crippen molar-refractivity contribution in [3.63, 3.8) is 0 Å². The molecule has 1 amide bonds. The van der Waals surface area contributed by atoms with Gasteiger partial charge in [0, 0.05) is 36.1 Å². The van der Waals surface area contributed by atoms with E-state index in [-0.39, 0.29) is 29.1 Å². The van der Waals surface area contributed by atoms with Crippen molar-refractivity contribution >= 4 is 23.2 Å². The van der Waals surface area contributed by atoms with E-state index < -0.39 is 35.9 Å². The molecule has 0 radical (unpaired) electrons. The Morgan fingerprint density at radius 2 is 1.62 bits per heavy atom. The lowest BCUT2D eigenvalue weighted by Gasteiger charge is -2.27. The molecule has 1 atom stereocenters. The maximum Gasteiger partial charge on any atom is 0.416 e. The number of nitrogens with zero attached hydrogens (tertiary/aromatic N) is 2. The Balaban J connectivity index is 1.69. The molecular weight excluding hydrogens is 546 g/mol. The first-order valence-corrected chi connectivity index (χ1v) is 12.2. The fourth-order valence-electron chi connectivity index (χ4n) is 4.52. The SMILES string of the molecule is N/C(C(=O)N1CCCC1c1ccccc1Cl)=C(\NCc1cc(C(F)(F)F)cc(C(F)(F)F)c1)c1ccncc1. The number of benzene rings is 2. The Morgan fingerprint density at radius 1 is 1.00 bits per heavy atom. The van der Waals surface area contributed by atoms with E-state index in [2.05, 4.69) is 10.3 Å². The minimum atomic E-state index is -4.99. The number of alkyl halides is 6. The van der Waals surface area contributed by atoms with Crippen LogP contribution in [-0.2, 0) is 23.7 Å². The van der Waals surface area contributed by atoms with Crippen LogP contribution in [0.1, 0.15) is 46.7 Å². The molecule has 1 aliphatic heterocycles. The number of nitrogens with two attached hydrogens (primary N) is 1. The van der Waals surface area contributed by atoms with Gasteiger partial charge in [-0.15, -0.1) is 0 Å². The summed E-state index contributed by atoms with van der Waals surface area (Å²) in [5.74, 6) is -0.545. The lowest BCUT2D eigenvalue weighted by Crippen LogP contribution is -2.36. The van der Waals surface area contributed by atoms with E-state index in [0.29, 0.717) is 42.1 Å². The van der Waals surface area contributed by atoms with Crippen molar-refractivity contribution in [3.8, 4) is 0 Å². The highest BCUT2D eigenvalue weighted by molar-refractivity contribution is 6.31. The smallest absolute Gasteiger partial charge is 0.393 e. The number of pyridine rings is 1. The number of aromatic nitrogens is 1. The quantitative estimate of drug-likeness (QED) is 0.261. The average Bonchev–Trinajstić information content (AvgIpc) is 3.37. The highest BCUT2D eigenvalue weighted by Gasteiger charge is 2.37. The minimum Gasteiger partial charge on any atom is -0.393 e. The Labute approximate surface area is 225 Å². The second-order valence-corrected chi connectivity index (χ2v) is 9.38. The molecule has 206 valence electrons. The molecular formula is C27H23ClF6N4O. The number of hydrogen-bond donors (Lipinski definition) is 2. The second-order valence-electron chi connectivity index (χ2n) is 8.97. The van der Waals surface area contributed by atoms with E-state index >= 15 is 0 Å². The third-order valence-corrected chi connectivity index (χ3v) is 6.71. The fraction of sp³-hybridized carbons (Fsp3) is 0.259. The molecule has 1 aromatic heterocycles. The maximum atomic E-state index is 13.6. The zero-order valence-corrected chi connectivity index (χ0v) is 21.0. The Morgan fingerprint density at radius 3 is 2.21 bits per heavy atom. The van der Waals surface area contributed by atoms with Crippen molar-refractivity contribution in [2.24, 2.45) is 5.73 Å². The van der Waals surface area contributed by atoms with E-state index in [0.717, 1.165) is 5.56 Å². The molecule has 0 aliphatic carbocycles. The predicted molar refractivity (Wildman–Crippen MR) is 134 cm³/mol. The lowest BCUT2D eigenvalue weighted by atomic mass is 10.0. The summed E-state index contributed by atoms with van der Waals surface area (Å²) in [7, 11) is 0. The number of likely N-dealkylation sites (tertiary alicyclic amines) is 1. The van der Waals surface area contributed by atoms with E-state index in [1.54, 1.807) is 23.1 Å². The highest BCUT2D eigenvalue weighted by Crippen LogP contribution is 2.38. The van der Waals surface area contributed by atoms with Crippen molar-refractivity contribution in [1.82, 2.24) is 15.2 Å². The molecule has 1 saturated heterocycles. The van der Waals surface area contributed by atoms with Crippen LogP contribution in [0.4, 0.5) is 26.3 Å². The minimum absolute atomic E-state index is 0.0539. The molecule has 1 aliphatic rings. The summed E-state index contributed by atoms with van der Waals surface area (Å²) in [6.07, 6.45) is -5.80. The summed E-state index contributed by atoms with van der Waals surface area (Å²) >= 11 is 6.36. The van der Waals surface area contributed by atoms with E-state index in [1.807, 2.05) is 6.07 Å². The van der Waals surface area contributed by atoms with Gasteiger partial charge in [-0.05, 0) is 60.4 Å². The number of carbonyl (C=O) groups excluding carboxylic acids is 1. The monoisotopic (exact) mass is 568 g/mol. The summed E-state index contributed by atoms with van der Waals surface area (Å²) in [5.41, 5.74) is 4.10. The zero-order chi connectivity index (χ0) is 28.4. The number of amides is 1. The van der Waals surface area contributed by atoms with Crippen molar-refractivity contribution in [3.05, 3.63) is 106 Å². The third-order valence-electron chi connectivity index (χ3n) is 6.36. The summed E-state index contributed by atoms with van der Waals surface area (Å²) in [6, 6.07) is 11.1. The molecule has 12 heteroatoms. The van der Waals surface area contributed by atoms with Gasteiger partial charge in [0.25, 0.3) is 5.91 Å². The Hall–Kier alpha value is -3.73. The number of carbonyl (C=O) groups is 1. The molecule has 39 heavy (non-hydrogen) atoms. The number of halogens is 7. The van der Waals surface area contributed by atoms with E-state index in [1.165, 1.54) is 24.5 Å². The molecule has 3 aromatic rings. The van der Waals surface area contributed by atoms with Gasteiger partial charge < -0.3 is 16.0 Å². The standard InChI is InChI=1S/C27H23ClF6N4O/c28-21-5-2-1-4-20(21)22-6-3-11-38(22)25(39)23(35)24(17-7-9-36-10-8-17)37-15-16-12-18(26(29,30)31)14-19(13-16)27(32,33)34/h1-2,4-5,7-10,12-14,22,37H,3,6,11,15,35H2/b24-23-. The number of nitrogens with one attached hydrogen (secondary N) is 1. The molecule has 5 nitrogen and oxygen atoms in total. The first-order chi connectivity index (χ1) is 18.4. The van der Waals surface area contributed by atoms with Crippen LogP contribution in [0.5, 0.6) is 0 Å². The molecule has 1 fully saturated rings. The van der Waals surface area contributed by atoms with Crippen LogP contribution in [0.15, 0.2) is 72.7 Å². The first-order valence-electron chi connectivity index (χ1n) is 11.8. The molecule has 0 bridgehead atoms. The number of rotatable bonds is 6. The summed E-state index contributed by atoms with van der Waals surface area (Å²) in [6.45, 7) is -0.0752. The average molecular weight is 569 g/mol. The molecule has 2 heterocycles. The van der Waals surface area contributed by atoms with Gasteiger partial charge in [0.1, 0.15) is 5.70 Å². The van der Waals surface area contributed by atoms with Gasteiger partial charge in [0.2, 0.25) is 0 Å². The van der Waals surface area contributed by atoms with E-state index in [4.69, 9.17) is 17.3 Å². The van der Waals surface area contributed by atoms with Crippen LogP contribution in [0.2, 0.25) is 5.02 Å². The third kappa shape index (κ3) is 6.47. The second kappa shape index (κ2) is 11.2. The maximum absolute atomic E-state index is 13.6. The molecule has 0 saturated carbocycles. The van der Waals surface area contributed by atoms with Gasteiger partial charge in [-0.3, -0.25) is 9.78 Å². The van der Waals surface area contributed by atoms with Crippen LogP contribution < -0.4 is 11.1 Å². The highest BCUT2D eigenvalue weighted by atomic mass is 35.5. The van der Waals surface area contributed by atoms with Crippen molar-refractivity contribution in [2.75, 3.05) is 6.54 Å². The summed E-state index contributed by atoms with van der Waals surface area (Å²) < 4.78 is 80.0. The summed E-state index contributed by atoms with van der Waals surface area (Å²) in [5, 5.41) is 3.29. The fourth-order valence-corrected chi connectivity index (χ4v) is 4.79. The molecule has 4 rings (SSSR count). The zero-order valence-electron chi connectivity index (χ0n) is 20.3. The topological polar surface area (TPSA) is 71.2 Å². The summed E-state index contributed by atoms with van der Waals surface area (Å²) in [4.78, 5) is 19.1. The van der Waals surface area contributed by atoms with Gasteiger partial charge in [-0.2, -0.15) is 26.3 Å². The van der Waals surface area contributed by atoms with Gasteiger partial charge in [0.15, 0.2) is 0 Å². The van der Waals surface area contributed by atoms with Crippen LogP contribution >= 0.6 is 11.6 Å². The van der Waals surface area contributed by atoms with Crippen molar-refractivity contribution < 1.29 is 31.1 Å². The van der Waals surface area contributed by atoms with Crippen LogP contribution in [0, 0.1) is 0 Å². The molecule has 0 spiro atoms. The van der Waals surface area contributed by atoms with Crippen LogP contribution in [-0.4, -0.2) is 22.3 Å². The molecule has 3 N–H and O–H groups in total. The lowest BCUT2D eigenvalue weighted by molar-refractivity contribution is -0.143. The van der Waals surface area contributed by atoms with Crippen molar-refractivity contribution in [2.45, 2.75) is 37.8 Å². The van der Waals surface area contributed by atoms with Crippen LogP contribution in [0.25, 0.3) is 5.70 Å². The first kappa shape index (κ1) is 28.3.